The van der Waals surface area contributed by atoms with Crippen molar-refractivity contribution in [3.8, 4) is 16.8 Å². The van der Waals surface area contributed by atoms with E-state index in [1.54, 1.807) is 36.7 Å². The van der Waals surface area contributed by atoms with Crippen LogP contribution in [-0.2, 0) is 0 Å². The fourth-order valence-corrected chi connectivity index (χ4v) is 4.95. The molecule has 1 aliphatic carbocycles. The van der Waals surface area contributed by atoms with Crippen LogP contribution < -0.4 is 16.6 Å². The highest BCUT2D eigenvalue weighted by molar-refractivity contribution is 6.04. The van der Waals surface area contributed by atoms with Gasteiger partial charge in [0, 0.05) is 48.1 Å². The molecule has 190 valence electrons. The van der Waals surface area contributed by atoms with E-state index in [0.717, 1.165) is 35.0 Å². The Labute approximate surface area is 217 Å². The van der Waals surface area contributed by atoms with Crippen LogP contribution in [0.15, 0.2) is 84.3 Å². The molecule has 10 heteroatoms. The first-order chi connectivity index (χ1) is 18.5. The van der Waals surface area contributed by atoms with Crippen LogP contribution in [0.4, 0.5) is 11.6 Å². The number of aliphatic hydroxyl groups excluding tert-OH is 1. The van der Waals surface area contributed by atoms with E-state index in [0.29, 0.717) is 23.2 Å². The Kier molecular flexibility index (Phi) is 5.93. The van der Waals surface area contributed by atoms with E-state index in [4.69, 9.17) is 5.73 Å². The molecule has 1 aromatic carbocycles. The zero-order valence-corrected chi connectivity index (χ0v) is 20.4. The first-order valence-electron chi connectivity index (χ1n) is 12.3. The molecule has 10 nitrogen and oxygen atoms in total. The largest absolute Gasteiger partial charge is 0.396 e. The van der Waals surface area contributed by atoms with Crippen molar-refractivity contribution in [2.24, 2.45) is 5.92 Å². The predicted molar refractivity (Wildman–Crippen MR) is 144 cm³/mol. The molecular weight excluding hydrogens is 482 g/mol. The van der Waals surface area contributed by atoms with Gasteiger partial charge in [0.15, 0.2) is 0 Å². The van der Waals surface area contributed by atoms with Crippen molar-refractivity contribution in [2.45, 2.75) is 18.9 Å². The lowest BCUT2D eigenvalue weighted by atomic mass is 9.81. The number of hydrogen-bond donors (Lipinski definition) is 3. The van der Waals surface area contributed by atoms with Gasteiger partial charge in [-0.15, -0.1) is 0 Å². The Morgan fingerprint density at radius 1 is 1.05 bits per heavy atom. The number of para-hydroxylation sites is 1. The molecule has 0 atom stereocenters. The molecule has 4 heterocycles. The number of carbonyl (C=O) groups excluding carboxylic acids is 1. The second-order valence-corrected chi connectivity index (χ2v) is 9.40. The van der Waals surface area contributed by atoms with Gasteiger partial charge < -0.3 is 20.7 Å². The molecule has 1 amide bonds. The number of amides is 1. The smallest absolute Gasteiger partial charge is 0.267 e. The number of aliphatic hydroxyl groups is 1. The van der Waals surface area contributed by atoms with Crippen LogP contribution in [0.2, 0.25) is 0 Å². The summed E-state index contributed by atoms with van der Waals surface area (Å²) in [5, 5.41) is 12.9. The number of fused-ring (bicyclic) bond motifs is 1. The molecule has 4 aromatic heterocycles. The summed E-state index contributed by atoms with van der Waals surface area (Å²) in [4.78, 5) is 39.0. The second-order valence-electron chi connectivity index (χ2n) is 9.40. The quantitative estimate of drug-likeness (QED) is 0.320. The summed E-state index contributed by atoms with van der Waals surface area (Å²) >= 11 is 0. The van der Waals surface area contributed by atoms with Gasteiger partial charge >= 0.3 is 0 Å². The SMILES string of the molecule is Nc1ncnc2c1c(-c1ccc(NC(=O)c3cccn(-c4ccccc4)c3=O)nc1)cn2C1CC(CO)C1. The van der Waals surface area contributed by atoms with Crippen molar-refractivity contribution in [3.63, 3.8) is 0 Å². The number of nitrogen functional groups attached to an aromatic ring is 1. The number of carbonyl (C=O) groups is 1. The minimum Gasteiger partial charge on any atom is -0.396 e. The van der Waals surface area contributed by atoms with Gasteiger partial charge in [-0.1, -0.05) is 18.2 Å². The first kappa shape index (κ1) is 23.6. The minimum absolute atomic E-state index is 0.0110. The molecule has 38 heavy (non-hydrogen) atoms. The first-order valence-corrected chi connectivity index (χ1v) is 12.3. The van der Waals surface area contributed by atoms with E-state index < -0.39 is 11.5 Å². The molecule has 0 unspecified atom stereocenters. The zero-order valence-electron chi connectivity index (χ0n) is 20.4. The van der Waals surface area contributed by atoms with E-state index in [1.807, 2.05) is 30.5 Å². The summed E-state index contributed by atoms with van der Waals surface area (Å²) in [6.07, 6.45) is 8.47. The van der Waals surface area contributed by atoms with Crippen LogP contribution in [-0.4, -0.2) is 41.7 Å². The van der Waals surface area contributed by atoms with Gasteiger partial charge in [-0.25, -0.2) is 15.0 Å². The van der Waals surface area contributed by atoms with E-state index in [1.165, 1.54) is 17.0 Å². The number of benzene rings is 1. The van der Waals surface area contributed by atoms with Crippen LogP contribution in [0.25, 0.3) is 27.8 Å². The van der Waals surface area contributed by atoms with E-state index in [-0.39, 0.29) is 18.2 Å². The lowest BCUT2D eigenvalue weighted by molar-refractivity contribution is 0.102. The summed E-state index contributed by atoms with van der Waals surface area (Å²) in [7, 11) is 0. The van der Waals surface area contributed by atoms with Crippen LogP contribution >= 0.6 is 0 Å². The van der Waals surface area contributed by atoms with Crippen molar-refractivity contribution in [1.82, 2.24) is 24.1 Å². The number of nitrogens with zero attached hydrogens (tertiary/aromatic N) is 5. The maximum absolute atomic E-state index is 13.0. The topological polar surface area (TPSA) is 141 Å². The highest BCUT2D eigenvalue weighted by Gasteiger charge is 2.32. The Balaban J connectivity index is 1.27. The van der Waals surface area contributed by atoms with Gasteiger partial charge in [0.25, 0.3) is 11.5 Å². The number of pyridine rings is 2. The monoisotopic (exact) mass is 507 g/mol. The Hall–Kier alpha value is -4.83. The average Bonchev–Trinajstić information content (AvgIpc) is 3.30. The standard InChI is InChI=1S/C28H25N7O3/c29-25-24-22(14-35(26(24)32-16-31-25)20-11-17(12-20)15-36)18-8-9-23(30-13-18)33-27(37)21-7-4-10-34(28(21)38)19-5-2-1-3-6-19/h1-10,13-14,16-17,20,36H,11-12,15H2,(H2,29,31,32)(H,30,33,37). The van der Waals surface area contributed by atoms with Crippen LogP contribution in [0.1, 0.15) is 29.2 Å². The summed E-state index contributed by atoms with van der Waals surface area (Å²) in [5.74, 6) is 0.438. The zero-order chi connectivity index (χ0) is 26.2. The Bertz CT molecular complexity index is 1690. The summed E-state index contributed by atoms with van der Waals surface area (Å²) < 4.78 is 3.52. The molecule has 0 saturated heterocycles. The summed E-state index contributed by atoms with van der Waals surface area (Å²) in [6, 6.07) is 16.0. The summed E-state index contributed by atoms with van der Waals surface area (Å²) in [6.45, 7) is 0.180. The van der Waals surface area contributed by atoms with Gasteiger partial charge in [-0.05, 0) is 55.2 Å². The molecule has 4 N–H and O–H groups in total. The molecule has 0 bridgehead atoms. The number of nitrogens with two attached hydrogens (primary N) is 1. The Morgan fingerprint density at radius 2 is 1.87 bits per heavy atom. The lowest BCUT2D eigenvalue weighted by Crippen LogP contribution is -2.28. The maximum atomic E-state index is 13.0. The van der Waals surface area contributed by atoms with Gasteiger partial charge in [-0.3, -0.25) is 14.2 Å². The number of nitrogens with one attached hydrogen (secondary N) is 1. The van der Waals surface area contributed by atoms with Crippen molar-refractivity contribution >= 4 is 28.6 Å². The molecule has 0 aliphatic heterocycles. The number of aromatic nitrogens is 5. The van der Waals surface area contributed by atoms with E-state index >= 15 is 0 Å². The van der Waals surface area contributed by atoms with Crippen LogP contribution in [0.3, 0.4) is 0 Å². The van der Waals surface area contributed by atoms with E-state index in [9.17, 15) is 14.7 Å². The Morgan fingerprint density at radius 3 is 2.61 bits per heavy atom. The number of rotatable bonds is 6. The lowest BCUT2D eigenvalue weighted by Gasteiger charge is -2.35. The van der Waals surface area contributed by atoms with Gasteiger partial charge in [0.2, 0.25) is 0 Å². The third-order valence-corrected chi connectivity index (χ3v) is 7.04. The maximum Gasteiger partial charge on any atom is 0.267 e. The fourth-order valence-electron chi connectivity index (χ4n) is 4.95. The van der Waals surface area contributed by atoms with Crippen LogP contribution in [0.5, 0.6) is 0 Å². The van der Waals surface area contributed by atoms with Crippen molar-refractivity contribution < 1.29 is 9.90 Å². The van der Waals surface area contributed by atoms with Gasteiger partial charge in [0.1, 0.15) is 29.2 Å². The van der Waals surface area contributed by atoms with Crippen molar-refractivity contribution in [2.75, 3.05) is 17.7 Å². The molecular formula is C28H25N7O3. The average molecular weight is 508 g/mol. The third kappa shape index (κ3) is 4.10. The molecule has 6 rings (SSSR count). The molecule has 5 aromatic rings. The number of anilines is 2. The molecule has 1 saturated carbocycles. The van der Waals surface area contributed by atoms with Crippen LogP contribution in [0, 0.1) is 5.92 Å². The summed E-state index contributed by atoms with van der Waals surface area (Å²) in [5.41, 5.74) is 8.87. The molecule has 1 fully saturated rings. The fraction of sp³-hybridized carbons (Fsp3) is 0.179. The van der Waals surface area contributed by atoms with Crippen molar-refractivity contribution in [1.29, 1.82) is 0 Å². The van der Waals surface area contributed by atoms with Gasteiger partial charge in [-0.2, -0.15) is 0 Å². The van der Waals surface area contributed by atoms with Gasteiger partial charge in [0.05, 0.1) is 5.39 Å². The molecule has 0 radical (unpaired) electrons. The predicted octanol–water partition coefficient (Wildman–Crippen LogP) is 3.42. The molecule has 0 spiro atoms. The highest BCUT2D eigenvalue weighted by atomic mass is 16.3. The normalized spacial score (nSPS) is 16.8. The highest BCUT2D eigenvalue weighted by Crippen LogP contribution is 2.42. The minimum atomic E-state index is -0.543. The second kappa shape index (κ2) is 9.56. The van der Waals surface area contributed by atoms with Crippen molar-refractivity contribution in [3.05, 3.63) is 95.4 Å². The third-order valence-electron chi connectivity index (χ3n) is 7.04. The van der Waals surface area contributed by atoms with E-state index in [2.05, 4.69) is 24.8 Å². The molecule has 1 aliphatic rings. The number of hydrogen-bond acceptors (Lipinski definition) is 7.